The quantitative estimate of drug-likeness (QED) is 0.411. The van der Waals surface area contributed by atoms with Crippen LogP contribution in [0, 0.1) is 6.92 Å². The number of carboxylic acid groups (broad SMARTS) is 1. The van der Waals surface area contributed by atoms with Gasteiger partial charge in [-0.05, 0) is 47.7 Å². The highest BCUT2D eigenvalue weighted by Crippen LogP contribution is 2.44. The molecule has 0 saturated carbocycles. The highest BCUT2D eigenvalue weighted by atomic mass is 16.5. The Morgan fingerprint density at radius 1 is 0.971 bits per heavy atom. The number of ether oxygens (including phenoxy) is 1. The highest BCUT2D eigenvalue weighted by molar-refractivity contribution is 6.04. The van der Waals surface area contributed by atoms with Gasteiger partial charge in [0.1, 0.15) is 12.6 Å². The van der Waals surface area contributed by atoms with Crippen LogP contribution < -0.4 is 10.6 Å². The minimum Gasteiger partial charge on any atom is -0.480 e. The number of carboxylic acids is 1. The topological polar surface area (TPSA) is 105 Å². The van der Waals surface area contributed by atoms with Crippen LogP contribution in [0.4, 0.5) is 10.5 Å². The van der Waals surface area contributed by atoms with Crippen molar-refractivity contribution in [2.75, 3.05) is 11.9 Å². The third-order valence-corrected chi connectivity index (χ3v) is 6.18. The number of aryl methyl sites for hydroxylation is 1. The summed E-state index contributed by atoms with van der Waals surface area (Å²) in [4.78, 5) is 37.1. The number of aliphatic carboxylic acids is 1. The normalized spacial score (nSPS) is 12.9. The van der Waals surface area contributed by atoms with E-state index in [0.29, 0.717) is 12.8 Å². The number of carbonyl (C=O) groups is 3. The van der Waals surface area contributed by atoms with Gasteiger partial charge in [-0.15, -0.1) is 0 Å². The molecule has 3 aromatic rings. The fraction of sp³-hybridized carbons (Fsp3) is 0.250. The third-order valence-electron chi connectivity index (χ3n) is 6.18. The van der Waals surface area contributed by atoms with Crippen LogP contribution in [-0.4, -0.2) is 35.7 Å². The average Bonchev–Trinajstić information content (AvgIpc) is 3.17. The second-order valence-corrected chi connectivity index (χ2v) is 8.65. The van der Waals surface area contributed by atoms with E-state index in [1.807, 2.05) is 50.2 Å². The molecule has 1 aliphatic carbocycles. The van der Waals surface area contributed by atoms with Gasteiger partial charge in [0.25, 0.3) is 5.91 Å². The molecule has 0 heterocycles. The Morgan fingerprint density at radius 3 is 2.20 bits per heavy atom. The van der Waals surface area contributed by atoms with Crippen LogP contribution in [0.3, 0.4) is 0 Å². The molecule has 0 aromatic heterocycles. The van der Waals surface area contributed by atoms with Crippen LogP contribution in [0.25, 0.3) is 11.1 Å². The zero-order chi connectivity index (χ0) is 24.9. The van der Waals surface area contributed by atoms with E-state index in [9.17, 15) is 19.5 Å². The van der Waals surface area contributed by atoms with Crippen LogP contribution in [0.1, 0.15) is 52.7 Å². The number of hydrogen-bond donors (Lipinski definition) is 3. The summed E-state index contributed by atoms with van der Waals surface area (Å²) in [5.41, 5.74) is 5.71. The number of rotatable bonds is 8. The van der Waals surface area contributed by atoms with Crippen LogP contribution >= 0.6 is 0 Å². The Bertz CT molecular complexity index is 1220. The molecule has 35 heavy (non-hydrogen) atoms. The predicted octanol–water partition coefficient (Wildman–Crippen LogP) is 5.34. The molecule has 4 rings (SSSR count). The second kappa shape index (κ2) is 10.4. The number of anilines is 1. The summed E-state index contributed by atoms with van der Waals surface area (Å²) in [5.74, 6) is -1.75. The monoisotopic (exact) mass is 472 g/mol. The molecule has 1 aliphatic rings. The second-order valence-electron chi connectivity index (χ2n) is 8.65. The van der Waals surface area contributed by atoms with Crippen molar-refractivity contribution >= 4 is 23.7 Å². The maximum absolute atomic E-state index is 12.9. The molecule has 0 fully saturated rings. The number of hydrogen-bond acceptors (Lipinski definition) is 4. The van der Waals surface area contributed by atoms with E-state index >= 15 is 0 Å². The molecule has 7 nitrogen and oxygen atoms in total. The van der Waals surface area contributed by atoms with Crippen LogP contribution in [-0.2, 0) is 9.53 Å². The van der Waals surface area contributed by atoms with E-state index in [1.165, 1.54) is 0 Å². The lowest BCUT2D eigenvalue weighted by atomic mass is 9.98. The average molecular weight is 473 g/mol. The molecule has 3 aromatic carbocycles. The third kappa shape index (κ3) is 5.19. The standard InChI is InChI=1S/C28H28N2O5/c1-3-8-25(27(32)33)29-26(31)22-15-17(2)13-14-24(22)30-28(34)35-16-23-20-11-6-4-9-18(20)19-10-5-7-12-21(19)23/h4-7,9-15,23,25H,3,8,16H2,1-2H3,(H,29,31)(H,30,34)(H,32,33). The summed E-state index contributed by atoms with van der Waals surface area (Å²) in [5, 5.41) is 14.6. The van der Waals surface area contributed by atoms with Crippen molar-refractivity contribution in [3.8, 4) is 11.1 Å². The molecule has 0 spiro atoms. The van der Waals surface area contributed by atoms with Crippen molar-refractivity contribution in [1.82, 2.24) is 5.32 Å². The Balaban J connectivity index is 1.48. The van der Waals surface area contributed by atoms with E-state index in [1.54, 1.807) is 18.2 Å². The molecule has 0 bridgehead atoms. The maximum Gasteiger partial charge on any atom is 0.411 e. The van der Waals surface area contributed by atoms with Crippen LogP contribution in [0.2, 0.25) is 0 Å². The molecule has 1 atom stereocenters. The summed E-state index contributed by atoms with van der Waals surface area (Å²) in [6.07, 6.45) is 0.228. The van der Waals surface area contributed by atoms with E-state index in [-0.39, 0.29) is 23.8 Å². The van der Waals surface area contributed by atoms with Gasteiger partial charge in [0, 0.05) is 5.92 Å². The van der Waals surface area contributed by atoms with Gasteiger partial charge in [-0.3, -0.25) is 10.1 Å². The summed E-state index contributed by atoms with van der Waals surface area (Å²) >= 11 is 0. The molecule has 1 unspecified atom stereocenters. The van der Waals surface area contributed by atoms with Crippen molar-refractivity contribution in [2.24, 2.45) is 0 Å². The van der Waals surface area contributed by atoms with Crippen molar-refractivity contribution in [3.63, 3.8) is 0 Å². The lowest BCUT2D eigenvalue weighted by molar-refractivity contribution is -0.139. The Hall–Kier alpha value is -4.13. The van der Waals surface area contributed by atoms with E-state index in [0.717, 1.165) is 27.8 Å². The summed E-state index contributed by atoms with van der Waals surface area (Å²) in [6, 6.07) is 20.1. The van der Waals surface area contributed by atoms with Crippen molar-refractivity contribution in [3.05, 3.63) is 89.0 Å². The molecular formula is C28H28N2O5. The van der Waals surface area contributed by atoms with Gasteiger partial charge in [0.15, 0.2) is 0 Å². The largest absolute Gasteiger partial charge is 0.480 e. The minimum absolute atomic E-state index is 0.0840. The van der Waals surface area contributed by atoms with Gasteiger partial charge in [0.2, 0.25) is 0 Å². The highest BCUT2D eigenvalue weighted by Gasteiger charge is 2.29. The predicted molar refractivity (Wildman–Crippen MR) is 134 cm³/mol. The first-order valence-electron chi connectivity index (χ1n) is 11.6. The SMILES string of the molecule is CCCC(NC(=O)c1cc(C)ccc1NC(=O)OCC1c2ccccc2-c2ccccc21)C(=O)O. The van der Waals surface area contributed by atoms with Gasteiger partial charge in [-0.1, -0.05) is 73.5 Å². The van der Waals surface area contributed by atoms with Gasteiger partial charge in [-0.25, -0.2) is 9.59 Å². The molecule has 0 radical (unpaired) electrons. The zero-order valence-electron chi connectivity index (χ0n) is 19.7. The van der Waals surface area contributed by atoms with Gasteiger partial charge >= 0.3 is 12.1 Å². The molecule has 3 N–H and O–H groups in total. The number of amides is 2. The van der Waals surface area contributed by atoms with E-state index < -0.39 is 24.0 Å². The Morgan fingerprint density at radius 2 is 1.60 bits per heavy atom. The number of fused-ring (bicyclic) bond motifs is 3. The maximum atomic E-state index is 12.9. The summed E-state index contributed by atoms with van der Waals surface area (Å²) < 4.78 is 5.59. The van der Waals surface area contributed by atoms with Crippen LogP contribution in [0.15, 0.2) is 66.7 Å². The fourth-order valence-electron chi connectivity index (χ4n) is 4.48. The van der Waals surface area contributed by atoms with Crippen molar-refractivity contribution in [1.29, 1.82) is 0 Å². The fourth-order valence-corrected chi connectivity index (χ4v) is 4.48. The molecule has 180 valence electrons. The molecule has 7 heteroatoms. The van der Waals surface area contributed by atoms with E-state index in [2.05, 4.69) is 22.8 Å². The first-order chi connectivity index (χ1) is 16.9. The lowest BCUT2D eigenvalue weighted by Crippen LogP contribution is -2.41. The van der Waals surface area contributed by atoms with Gasteiger partial charge in [-0.2, -0.15) is 0 Å². The van der Waals surface area contributed by atoms with Gasteiger partial charge in [0.05, 0.1) is 11.3 Å². The first-order valence-corrected chi connectivity index (χ1v) is 11.6. The molecule has 2 amide bonds. The van der Waals surface area contributed by atoms with E-state index in [4.69, 9.17) is 4.74 Å². The molecule has 0 saturated heterocycles. The van der Waals surface area contributed by atoms with Gasteiger partial charge < -0.3 is 15.2 Å². The number of nitrogens with one attached hydrogen (secondary N) is 2. The van der Waals surface area contributed by atoms with Crippen molar-refractivity contribution < 1.29 is 24.2 Å². The molecular weight excluding hydrogens is 444 g/mol. The zero-order valence-corrected chi connectivity index (χ0v) is 19.7. The Kier molecular flexibility index (Phi) is 7.15. The number of carbonyl (C=O) groups excluding carboxylic acids is 2. The first kappa shape index (κ1) is 24.0. The number of benzene rings is 3. The lowest BCUT2D eigenvalue weighted by Gasteiger charge is -2.17. The van der Waals surface area contributed by atoms with Crippen LogP contribution in [0.5, 0.6) is 0 Å². The summed E-state index contributed by atoms with van der Waals surface area (Å²) in [7, 11) is 0. The van der Waals surface area contributed by atoms with Crippen molar-refractivity contribution in [2.45, 2.75) is 38.6 Å². The minimum atomic E-state index is -1.10. The smallest absolute Gasteiger partial charge is 0.411 e. The molecule has 0 aliphatic heterocycles. The summed E-state index contributed by atoms with van der Waals surface area (Å²) in [6.45, 7) is 3.80. The Labute approximate surface area is 204 Å².